The van der Waals surface area contributed by atoms with E-state index in [9.17, 15) is 4.79 Å². The quantitative estimate of drug-likeness (QED) is 0.599. The first-order chi connectivity index (χ1) is 6.65. The third-order valence-electron chi connectivity index (χ3n) is 1.77. The molecule has 0 atom stereocenters. The molecule has 0 bridgehead atoms. The zero-order valence-electron chi connectivity index (χ0n) is 7.68. The van der Waals surface area contributed by atoms with Crippen LogP contribution in [-0.4, -0.2) is 24.3 Å². The van der Waals surface area contributed by atoms with Gasteiger partial charge >= 0.3 is 6.03 Å². The first-order valence-electron chi connectivity index (χ1n) is 4.18. The Hall–Kier alpha value is -1.75. The summed E-state index contributed by atoms with van der Waals surface area (Å²) in [5, 5.41) is 8.74. The minimum atomic E-state index is -0.607. The molecule has 14 heavy (non-hydrogen) atoms. The van der Waals surface area contributed by atoms with Crippen LogP contribution >= 0.6 is 0 Å². The summed E-state index contributed by atoms with van der Waals surface area (Å²) < 4.78 is 0. The average Bonchev–Trinajstić information content (AvgIpc) is 2.13. The number of primary amides is 1. The molecule has 0 radical (unpaired) electrons. The smallest absolute Gasteiger partial charge is 0.319 e. The summed E-state index contributed by atoms with van der Waals surface area (Å²) in [6.07, 6.45) is 0. The van der Waals surface area contributed by atoms with Gasteiger partial charge in [-0.25, -0.2) is 4.79 Å². The third kappa shape index (κ3) is 2.37. The molecule has 0 aromatic heterocycles. The van der Waals surface area contributed by atoms with Crippen LogP contribution in [0, 0.1) is 0 Å². The lowest BCUT2D eigenvalue weighted by atomic mass is 10.2. The number of carbonyl (C=O) groups excluding carboxylic acids is 1. The molecule has 0 aliphatic carbocycles. The molecular formula is C9H13N3O2. The van der Waals surface area contributed by atoms with Crippen molar-refractivity contribution in [2.24, 2.45) is 5.73 Å². The van der Waals surface area contributed by atoms with Gasteiger partial charge in [-0.2, -0.15) is 0 Å². The van der Waals surface area contributed by atoms with Crippen molar-refractivity contribution in [1.82, 2.24) is 0 Å². The highest BCUT2D eigenvalue weighted by atomic mass is 16.3. The SMILES string of the molecule is NC(=O)N(CCO)c1cccc(N)c1. The van der Waals surface area contributed by atoms with Crippen molar-refractivity contribution in [3.8, 4) is 0 Å². The number of aliphatic hydroxyl groups is 1. The summed E-state index contributed by atoms with van der Waals surface area (Å²) in [6.45, 7) is 0.0243. The predicted molar refractivity (Wildman–Crippen MR) is 54.9 cm³/mol. The number of aliphatic hydroxyl groups excluding tert-OH is 1. The van der Waals surface area contributed by atoms with Crippen LogP contribution in [0.15, 0.2) is 24.3 Å². The lowest BCUT2D eigenvalue weighted by Gasteiger charge is -2.19. The molecule has 0 saturated carbocycles. The molecule has 2 amide bonds. The van der Waals surface area contributed by atoms with E-state index in [0.717, 1.165) is 0 Å². The van der Waals surface area contributed by atoms with Crippen LogP contribution in [0.25, 0.3) is 0 Å². The van der Waals surface area contributed by atoms with E-state index in [4.69, 9.17) is 16.6 Å². The number of nitrogens with zero attached hydrogens (tertiary/aromatic N) is 1. The Bertz CT molecular complexity index is 328. The van der Waals surface area contributed by atoms with Crippen LogP contribution in [0.3, 0.4) is 0 Å². The maximum absolute atomic E-state index is 11.0. The second kappa shape index (κ2) is 4.48. The molecular weight excluding hydrogens is 182 g/mol. The summed E-state index contributed by atoms with van der Waals surface area (Å²) >= 11 is 0. The van der Waals surface area contributed by atoms with Crippen LogP contribution in [0.5, 0.6) is 0 Å². The van der Waals surface area contributed by atoms with Crippen LogP contribution in [-0.2, 0) is 0 Å². The highest BCUT2D eigenvalue weighted by molar-refractivity contribution is 5.91. The maximum atomic E-state index is 11.0. The van der Waals surface area contributed by atoms with Crippen molar-refractivity contribution in [3.63, 3.8) is 0 Å². The Morgan fingerprint density at radius 3 is 2.71 bits per heavy atom. The van der Waals surface area contributed by atoms with Gasteiger partial charge in [0, 0.05) is 11.4 Å². The van der Waals surface area contributed by atoms with Crippen molar-refractivity contribution in [2.75, 3.05) is 23.8 Å². The number of nitrogens with two attached hydrogens (primary N) is 2. The van der Waals surface area contributed by atoms with Gasteiger partial charge in [-0.3, -0.25) is 4.90 Å². The molecule has 0 heterocycles. The van der Waals surface area contributed by atoms with E-state index in [1.165, 1.54) is 4.90 Å². The van der Waals surface area contributed by atoms with Crippen LogP contribution in [0.4, 0.5) is 16.2 Å². The number of nitrogen functional groups attached to an aromatic ring is 1. The predicted octanol–water partition coefficient (Wildman–Crippen LogP) is 0.146. The molecule has 1 aromatic rings. The van der Waals surface area contributed by atoms with E-state index in [-0.39, 0.29) is 13.2 Å². The molecule has 1 rings (SSSR count). The number of urea groups is 1. The summed E-state index contributed by atoms with van der Waals surface area (Å²) in [5.41, 5.74) is 11.8. The molecule has 5 N–H and O–H groups in total. The molecule has 5 heteroatoms. The highest BCUT2D eigenvalue weighted by Gasteiger charge is 2.10. The number of benzene rings is 1. The van der Waals surface area contributed by atoms with Crippen LogP contribution < -0.4 is 16.4 Å². The second-order valence-electron chi connectivity index (χ2n) is 2.81. The van der Waals surface area contributed by atoms with E-state index < -0.39 is 6.03 Å². The van der Waals surface area contributed by atoms with Gasteiger partial charge in [-0.1, -0.05) is 6.07 Å². The van der Waals surface area contributed by atoms with Gasteiger partial charge in [-0.15, -0.1) is 0 Å². The van der Waals surface area contributed by atoms with Crippen molar-refractivity contribution >= 4 is 17.4 Å². The molecule has 0 aliphatic rings. The molecule has 0 unspecified atom stereocenters. The zero-order valence-corrected chi connectivity index (χ0v) is 7.68. The monoisotopic (exact) mass is 195 g/mol. The summed E-state index contributed by atoms with van der Waals surface area (Å²) in [5.74, 6) is 0. The van der Waals surface area contributed by atoms with Crippen LogP contribution in [0.1, 0.15) is 0 Å². The fourth-order valence-electron chi connectivity index (χ4n) is 1.16. The first-order valence-corrected chi connectivity index (χ1v) is 4.18. The summed E-state index contributed by atoms with van der Waals surface area (Å²) in [4.78, 5) is 12.3. The lowest BCUT2D eigenvalue weighted by molar-refractivity contribution is 0.249. The summed E-state index contributed by atoms with van der Waals surface area (Å²) in [6, 6.07) is 6.15. The minimum Gasteiger partial charge on any atom is -0.399 e. The Morgan fingerprint density at radius 2 is 2.21 bits per heavy atom. The largest absolute Gasteiger partial charge is 0.399 e. The molecule has 0 saturated heterocycles. The Kier molecular flexibility index (Phi) is 3.30. The molecule has 76 valence electrons. The molecule has 5 nitrogen and oxygen atoms in total. The van der Waals surface area contributed by atoms with Crippen molar-refractivity contribution in [2.45, 2.75) is 0 Å². The average molecular weight is 195 g/mol. The Morgan fingerprint density at radius 1 is 1.50 bits per heavy atom. The van der Waals surface area contributed by atoms with Gasteiger partial charge in [-0.05, 0) is 18.2 Å². The normalized spacial score (nSPS) is 9.79. The van der Waals surface area contributed by atoms with Crippen molar-refractivity contribution in [3.05, 3.63) is 24.3 Å². The molecule has 0 fully saturated rings. The number of carbonyl (C=O) groups is 1. The molecule has 0 spiro atoms. The Labute approximate surface area is 81.9 Å². The Balaban J connectivity index is 2.93. The van der Waals surface area contributed by atoms with E-state index in [2.05, 4.69) is 0 Å². The van der Waals surface area contributed by atoms with E-state index >= 15 is 0 Å². The topological polar surface area (TPSA) is 92.6 Å². The second-order valence-corrected chi connectivity index (χ2v) is 2.81. The van der Waals surface area contributed by atoms with E-state index in [1.54, 1.807) is 24.3 Å². The fourth-order valence-corrected chi connectivity index (χ4v) is 1.16. The van der Waals surface area contributed by atoms with Crippen LogP contribution in [0.2, 0.25) is 0 Å². The number of hydrogen-bond donors (Lipinski definition) is 3. The number of amides is 2. The van der Waals surface area contributed by atoms with Gasteiger partial charge in [0.25, 0.3) is 0 Å². The maximum Gasteiger partial charge on any atom is 0.319 e. The first kappa shape index (κ1) is 10.3. The van der Waals surface area contributed by atoms with Gasteiger partial charge in [0.1, 0.15) is 0 Å². The number of hydrogen-bond acceptors (Lipinski definition) is 3. The molecule has 1 aromatic carbocycles. The third-order valence-corrected chi connectivity index (χ3v) is 1.77. The highest BCUT2D eigenvalue weighted by Crippen LogP contribution is 2.16. The van der Waals surface area contributed by atoms with Crippen molar-refractivity contribution in [1.29, 1.82) is 0 Å². The van der Waals surface area contributed by atoms with Crippen molar-refractivity contribution < 1.29 is 9.90 Å². The standard InChI is InChI=1S/C9H13N3O2/c10-7-2-1-3-8(6-7)12(4-5-13)9(11)14/h1-3,6,13H,4-5,10H2,(H2,11,14). The van der Waals surface area contributed by atoms with Gasteiger partial charge in [0.2, 0.25) is 0 Å². The lowest BCUT2D eigenvalue weighted by Crippen LogP contribution is -2.37. The van der Waals surface area contributed by atoms with Gasteiger partial charge in [0.15, 0.2) is 0 Å². The van der Waals surface area contributed by atoms with E-state index in [0.29, 0.717) is 11.4 Å². The molecule has 0 aliphatic heterocycles. The summed E-state index contributed by atoms with van der Waals surface area (Å²) in [7, 11) is 0. The minimum absolute atomic E-state index is 0.141. The zero-order chi connectivity index (χ0) is 10.6. The number of anilines is 2. The van der Waals surface area contributed by atoms with Gasteiger partial charge < -0.3 is 16.6 Å². The fraction of sp³-hybridized carbons (Fsp3) is 0.222. The number of rotatable bonds is 3. The van der Waals surface area contributed by atoms with Gasteiger partial charge in [0.05, 0.1) is 13.2 Å². The van der Waals surface area contributed by atoms with E-state index in [1.807, 2.05) is 0 Å².